The lowest BCUT2D eigenvalue weighted by molar-refractivity contribution is 0.0525. The lowest BCUT2D eigenvalue weighted by atomic mass is 10.1. The summed E-state index contributed by atoms with van der Waals surface area (Å²) < 4.78 is 7.08. The highest BCUT2D eigenvalue weighted by atomic mass is 32.2. The zero-order valence-corrected chi connectivity index (χ0v) is 21.0. The number of nitrogens with one attached hydrogen (secondary N) is 1. The molecule has 0 bridgehead atoms. The van der Waals surface area contributed by atoms with Gasteiger partial charge in [0.25, 0.3) is 0 Å². The molecule has 4 aromatic rings. The predicted molar refractivity (Wildman–Crippen MR) is 135 cm³/mol. The average Bonchev–Trinajstić information content (AvgIpc) is 3.43. The normalized spacial score (nSPS) is 11.0. The van der Waals surface area contributed by atoms with Gasteiger partial charge in [0.1, 0.15) is 0 Å². The minimum Gasteiger partial charge on any atom is -0.462 e. The molecule has 0 aliphatic carbocycles. The summed E-state index contributed by atoms with van der Waals surface area (Å²) in [6.07, 6.45) is 4.36. The highest BCUT2D eigenvalue weighted by molar-refractivity contribution is 7.99. The molecule has 0 radical (unpaired) electrons. The number of hydrogen-bond donors (Lipinski definition) is 1. The predicted octanol–water partition coefficient (Wildman–Crippen LogP) is 4.99. The number of esters is 1. The van der Waals surface area contributed by atoms with Gasteiger partial charge in [-0.05, 0) is 62.6 Å². The number of rotatable bonds is 9. The Balaban J connectivity index is 1.64. The standard InChI is InChI=1S/C26H27N5O3S/c1-5-18-7-9-20(10-8-18)31-24(19-11-13-27-14-12-19)29-30-26(31)35-15-21(32)23-16(3)22(17(4)28-23)25(33)34-6-2/h7-14,28H,5-6,15H2,1-4H3. The van der Waals surface area contributed by atoms with Gasteiger partial charge >= 0.3 is 5.97 Å². The first-order chi connectivity index (χ1) is 16.9. The quantitative estimate of drug-likeness (QED) is 0.201. The van der Waals surface area contributed by atoms with Crippen LogP contribution in [0.1, 0.15) is 51.5 Å². The summed E-state index contributed by atoms with van der Waals surface area (Å²) >= 11 is 1.30. The van der Waals surface area contributed by atoms with Crippen molar-refractivity contribution in [2.75, 3.05) is 12.4 Å². The van der Waals surface area contributed by atoms with E-state index in [2.05, 4.69) is 39.2 Å². The second-order valence-electron chi connectivity index (χ2n) is 7.95. The van der Waals surface area contributed by atoms with Crippen molar-refractivity contribution in [1.29, 1.82) is 0 Å². The molecule has 4 rings (SSSR count). The first kappa shape index (κ1) is 24.4. The maximum Gasteiger partial charge on any atom is 0.340 e. The first-order valence-corrected chi connectivity index (χ1v) is 12.4. The Kier molecular flexibility index (Phi) is 7.45. The molecule has 8 nitrogen and oxygen atoms in total. The van der Waals surface area contributed by atoms with Crippen LogP contribution in [0.2, 0.25) is 0 Å². The molecular formula is C26H27N5O3S. The minimum absolute atomic E-state index is 0.130. The second-order valence-corrected chi connectivity index (χ2v) is 8.90. The van der Waals surface area contributed by atoms with Gasteiger partial charge in [-0.1, -0.05) is 30.8 Å². The largest absolute Gasteiger partial charge is 0.462 e. The number of Topliss-reactive ketones (excluding diaryl/α,β-unsaturated/α-hetero) is 1. The van der Waals surface area contributed by atoms with Gasteiger partial charge in [0.15, 0.2) is 16.8 Å². The number of aromatic amines is 1. The monoisotopic (exact) mass is 489 g/mol. The van der Waals surface area contributed by atoms with Crippen molar-refractivity contribution in [3.63, 3.8) is 0 Å². The summed E-state index contributed by atoms with van der Waals surface area (Å²) in [6, 6.07) is 12.0. The van der Waals surface area contributed by atoms with Crippen LogP contribution >= 0.6 is 11.8 Å². The number of hydrogen-bond acceptors (Lipinski definition) is 7. The zero-order chi connectivity index (χ0) is 24.9. The molecule has 180 valence electrons. The van der Waals surface area contributed by atoms with E-state index < -0.39 is 5.97 Å². The fourth-order valence-electron chi connectivity index (χ4n) is 3.91. The van der Waals surface area contributed by atoms with E-state index in [1.54, 1.807) is 33.2 Å². The molecule has 3 aromatic heterocycles. The van der Waals surface area contributed by atoms with Crippen LogP contribution in [0.5, 0.6) is 0 Å². The molecular weight excluding hydrogens is 462 g/mol. The van der Waals surface area contributed by atoms with Gasteiger partial charge < -0.3 is 9.72 Å². The number of aryl methyl sites for hydroxylation is 2. The van der Waals surface area contributed by atoms with Gasteiger partial charge in [0.2, 0.25) is 0 Å². The van der Waals surface area contributed by atoms with Crippen molar-refractivity contribution in [1.82, 2.24) is 24.7 Å². The number of carbonyl (C=O) groups excluding carboxylic acids is 2. The fourth-order valence-corrected chi connectivity index (χ4v) is 4.73. The molecule has 0 unspecified atom stereocenters. The summed E-state index contributed by atoms with van der Waals surface area (Å²) in [4.78, 5) is 32.6. The third-order valence-corrected chi connectivity index (χ3v) is 6.63. The second kappa shape index (κ2) is 10.7. The number of H-pyrrole nitrogens is 1. The van der Waals surface area contributed by atoms with Crippen LogP contribution in [0, 0.1) is 13.8 Å². The number of aromatic nitrogens is 5. The molecule has 0 fully saturated rings. The number of ether oxygens (including phenoxy) is 1. The first-order valence-electron chi connectivity index (χ1n) is 11.4. The maximum atomic E-state index is 13.1. The number of nitrogens with zero attached hydrogens (tertiary/aromatic N) is 4. The highest BCUT2D eigenvalue weighted by Crippen LogP contribution is 2.29. The number of pyridine rings is 1. The maximum absolute atomic E-state index is 13.1. The van der Waals surface area contributed by atoms with Gasteiger partial charge in [0.05, 0.1) is 23.6 Å². The molecule has 0 aliphatic rings. The summed E-state index contributed by atoms with van der Waals surface area (Å²) in [6.45, 7) is 7.66. The van der Waals surface area contributed by atoms with E-state index in [1.165, 1.54) is 17.3 Å². The third-order valence-electron chi connectivity index (χ3n) is 5.70. The van der Waals surface area contributed by atoms with E-state index >= 15 is 0 Å². The molecule has 0 aliphatic heterocycles. The van der Waals surface area contributed by atoms with E-state index in [4.69, 9.17) is 4.74 Å². The van der Waals surface area contributed by atoms with Gasteiger partial charge in [-0.25, -0.2) is 4.79 Å². The van der Waals surface area contributed by atoms with Crippen molar-refractivity contribution < 1.29 is 14.3 Å². The SMILES string of the molecule is CCOC(=O)c1c(C)[nH]c(C(=O)CSc2nnc(-c3ccncc3)n2-c2ccc(CC)cc2)c1C. The Bertz CT molecular complexity index is 1340. The van der Waals surface area contributed by atoms with Gasteiger partial charge in [-0.15, -0.1) is 10.2 Å². The van der Waals surface area contributed by atoms with E-state index in [9.17, 15) is 9.59 Å². The molecule has 1 aromatic carbocycles. The van der Waals surface area contributed by atoms with Gasteiger partial charge in [0, 0.05) is 29.3 Å². The van der Waals surface area contributed by atoms with Crippen LogP contribution in [0.4, 0.5) is 0 Å². The molecule has 1 N–H and O–H groups in total. The van der Waals surface area contributed by atoms with Crippen LogP contribution in [-0.4, -0.2) is 48.8 Å². The Morgan fingerprint density at radius 3 is 2.40 bits per heavy atom. The van der Waals surface area contributed by atoms with Crippen LogP contribution in [-0.2, 0) is 11.2 Å². The highest BCUT2D eigenvalue weighted by Gasteiger charge is 2.24. The minimum atomic E-state index is -0.428. The van der Waals surface area contributed by atoms with Crippen molar-refractivity contribution in [3.8, 4) is 17.1 Å². The smallest absolute Gasteiger partial charge is 0.340 e. The lowest BCUT2D eigenvalue weighted by Gasteiger charge is -2.11. The molecule has 0 saturated heterocycles. The number of carbonyl (C=O) groups is 2. The summed E-state index contributed by atoms with van der Waals surface area (Å²) in [5.41, 5.74) is 5.05. The summed E-state index contributed by atoms with van der Waals surface area (Å²) in [7, 11) is 0. The fraction of sp³-hybridized carbons (Fsp3) is 0.269. The van der Waals surface area contributed by atoms with E-state index in [1.807, 2.05) is 28.8 Å². The van der Waals surface area contributed by atoms with Crippen molar-refractivity contribution in [3.05, 3.63) is 76.9 Å². The van der Waals surface area contributed by atoms with Crippen LogP contribution < -0.4 is 0 Å². The molecule has 0 atom stereocenters. The van der Waals surface area contributed by atoms with Crippen LogP contribution in [0.15, 0.2) is 53.9 Å². The Morgan fingerprint density at radius 2 is 1.74 bits per heavy atom. The topological polar surface area (TPSA) is 103 Å². The summed E-state index contributed by atoms with van der Waals surface area (Å²) in [5, 5.41) is 9.41. The van der Waals surface area contributed by atoms with Crippen molar-refractivity contribution in [2.45, 2.75) is 39.3 Å². The van der Waals surface area contributed by atoms with Gasteiger partial charge in [-0.3, -0.25) is 14.3 Å². The van der Waals surface area contributed by atoms with Crippen molar-refractivity contribution >= 4 is 23.5 Å². The van der Waals surface area contributed by atoms with E-state index in [0.29, 0.717) is 33.5 Å². The molecule has 9 heteroatoms. The molecule has 0 spiro atoms. The zero-order valence-electron chi connectivity index (χ0n) is 20.2. The summed E-state index contributed by atoms with van der Waals surface area (Å²) in [5.74, 6) is 0.239. The van der Waals surface area contributed by atoms with E-state index in [-0.39, 0.29) is 18.1 Å². The number of benzene rings is 1. The lowest BCUT2D eigenvalue weighted by Crippen LogP contribution is -2.09. The van der Waals surface area contributed by atoms with Crippen molar-refractivity contribution in [2.24, 2.45) is 0 Å². The van der Waals surface area contributed by atoms with Crippen LogP contribution in [0.3, 0.4) is 0 Å². The number of ketones is 1. The van der Waals surface area contributed by atoms with Gasteiger partial charge in [-0.2, -0.15) is 0 Å². The molecule has 35 heavy (non-hydrogen) atoms. The average molecular weight is 490 g/mol. The Morgan fingerprint density at radius 1 is 1.03 bits per heavy atom. The van der Waals surface area contributed by atoms with E-state index in [0.717, 1.165) is 17.7 Å². The Hall–Kier alpha value is -3.72. The van der Waals surface area contributed by atoms with Crippen LogP contribution in [0.25, 0.3) is 17.1 Å². The molecule has 0 saturated carbocycles. The number of thioether (sulfide) groups is 1. The third kappa shape index (κ3) is 5.05. The Labute approximate surface area is 208 Å². The molecule has 0 amide bonds. The molecule has 3 heterocycles.